The van der Waals surface area contributed by atoms with Crippen LogP contribution >= 0.6 is 0 Å². The fourth-order valence-electron chi connectivity index (χ4n) is 2.74. The van der Waals surface area contributed by atoms with Crippen molar-refractivity contribution >= 4 is 11.8 Å². The Balaban J connectivity index is 1.68. The van der Waals surface area contributed by atoms with Crippen LogP contribution in [0.3, 0.4) is 0 Å². The number of carbonyl (C=O) groups excluding carboxylic acids is 2. The SMILES string of the molecule is Cc1occc1C(=O)N1CCNC[C@H]1C(=O)NCc1ccccn1. The van der Waals surface area contributed by atoms with Gasteiger partial charge in [0.2, 0.25) is 5.91 Å². The molecule has 0 saturated carbocycles. The quantitative estimate of drug-likeness (QED) is 0.863. The Morgan fingerprint density at radius 2 is 2.29 bits per heavy atom. The lowest BCUT2D eigenvalue weighted by atomic mass is 10.1. The molecule has 126 valence electrons. The number of nitrogens with zero attached hydrogens (tertiary/aromatic N) is 2. The lowest BCUT2D eigenvalue weighted by molar-refractivity contribution is -0.126. The molecule has 1 aliphatic heterocycles. The highest BCUT2D eigenvalue weighted by Gasteiger charge is 2.33. The average molecular weight is 328 g/mol. The first-order chi connectivity index (χ1) is 11.7. The molecule has 2 N–H and O–H groups in total. The Morgan fingerprint density at radius 1 is 1.42 bits per heavy atom. The van der Waals surface area contributed by atoms with Gasteiger partial charge in [0.1, 0.15) is 11.8 Å². The molecule has 1 atom stereocenters. The number of nitrogens with one attached hydrogen (secondary N) is 2. The number of rotatable bonds is 4. The van der Waals surface area contributed by atoms with Crippen LogP contribution in [0.15, 0.2) is 41.1 Å². The minimum atomic E-state index is -0.552. The summed E-state index contributed by atoms with van der Waals surface area (Å²) in [5, 5.41) is 6.02. The lowest BCUT2D eigenvalue weighted by Crippen LogP contribution is -2.59. The molecule has 24 heavy (non-hydrogen) atoms. The average Bonchev–Trinajstić information content (AvgIpc) is 3.06. The van der Waals surface area contributed by atoms with Crippen LogP contribution in [0, 0.1) is 6.92 Å². The van der Waals surface area contributed by atoms with E-state index in [4.69, 9.17) is 4.42 Å². The molecule has 1 saturated heterocycles. The largest absolute Gasteiger partial charge is 0.469 e. The molecule has 1 aliphatic rings. The predicted molar refractivity (Wildman–Crippen MR) is 87.2 cm³/mol. The number of pyridine rings is 1. The second-order valence-electron chi connectivity index (χ2n) is 5.65. The molecule has 7 nitrogen and oxygen atoms in total. The molecule has 0 spiro atoms. The summed E-state index contributed by atoms with van der Waals surface area (Å²) in [6.07, 6.45) is 3.17. The van der Waals surface area contributed by atoms with Crippen LogP contribution in [0.1, 0.15) is 21.8 Å². The van der Waals surface area contributed by atoms with E-state index in [0.717, 1.165) is 5.69 Å². The molecular weight excluding hydrogens is 308 g/mol. The summed E-state index contributed by atoms with van der Waals surface area (Å²) in [4.78, 5) is 31.0. The standard InChI is InChI=1S/C17H20N4O3/c1-12-14(5-9-24-12)17(23)21-8-7-18-11-15(21)16(22)20-10-13-4-2-3-6-19-13/h2-6,9,15,18H,7-8,10-11H2,1H3,(H,20,22)/t15-/m0/s1. The molecule has 3 rings (SSSR count). The molecule has 2 amide bonds. The van der Waals surface area contributed by atoms with Crippen molar-refractivity contribution in [3.63, 3.8) is 0 Å². The van der Waals surface area contributed by atoms with Gasteiger partial charge in [0.05, 0.1) is 24.1 Å². The van der Waals surface area contributed by atoms with Crippen molar-refractivity contribution in [3.05, 3.63) is 53.7 Å². The Labute approximate surface area is 140 Å². The number of aryl methyl sites for hydroxylation is 1. The van der Waals surface area contributed by atoms with Gasteiger partial charge in [-0.15, -0.1) is 0 Å². The first-order valence-electron chi connectivity index (χ1n) is 7.90. The summed E-state index contributed by atoms with van der Waals surface area (Å²) >= 11 is 0. The second-order valence-corrected chi connectivity index (χ2v) is 5.65. The maximum atomic E-state index is 12.7. The molecule has 3 heterocycles. The van der Waals surface area contributed by atoms with Crippen LogP contribution in [0.2, 0.25) is 0 Å². The predicted octanol–water partition coefficient (Wildman–Crippen LogP) is 0.713. The smallest absolute Gasteiger partial charge is 0.258 e. The van der Waals surface area contributed by atoms with Crippen molar-refractivity contribution in [1.29, 1.82) is 0 Å². The number of furan rings is 1. The number of aromatic nitrogens is 1. The third kappa shape index (κ3) is 3.46. The van der Waals surface area contributed by atoms with E-state index in [-0.39, 0.29) is 11.8 Å². The molecule has 0 aliphatic carbocycles. The molecule has 2 aromatic rings. The molecule has 0 radical (unpaired) electrons. The number of hydrogen-bond donors (Lipinski definition) is 2. The van der Waals surface area contributed by atoms with Crippen molar-refractivity contribution in [3.8, 4) is 0 Å². The van der Waals surface area contributed by atoms with Crippen LogP contribution in [0.4, 0.5) is 0 Å². The highest BCUT2D eigenvalue weighted by Crippen LogP contribution is 2.15. The van der Waals surface area contributed by atoms with Crippen molar-refractivity contribution < 1.29 is 14.0 Å². The summed E-state index contributed by atoms with van der Waals surface area (Å²) in [6, 6.07) is 6.63. The van der Waals surface area contributed by atoms with Crippen LogP contribution in [-0.4, -0.2) is 47.4 Å². The Hall–Kier alpha value is -2.67. The van der Waals surface area contributed by atoms with Crippen molar-refractivity contribution in [2.75, 3.05) is 19.6 Å². The Bertz CT molecular complexity index is 714. The van der Waals surface area contributed by atoms with Gasteiger partial charge in [0, 0.05) is 25.8 Å². The third-order valence-corrected chi connectivity index (χ3v) is 4.07. The zero-order chi connectivity index (χ0) is 16.9. The normalized spacial score (nSPS) is 17.5. The lowest BCUT2D eigenvalue weighted by Gasteiger charge is -2.35. The van der Waals surface area contributed by atoms with Gasteiger partial charge in [0.15, 0.2) is 0 Å². The van der Waals surface area contributed by atoms with Gasteiger partial charge < -0.3 is 20.0 Å². The third-order valence-electron chi connectivity index (χ3n) is 4.07. The van der Waals surface area contributed by atoms with E-state index in [1.165, 1.54) is 6.26 Å². The molecular formula is C17H20N4O3. The minimum absolute atomic E-state index is 0.180. The highest BCUT2D eigenvalue weighted by atomic mass is 16.3. The minimum Gasteiger partial charge on any atom is -0.469 e. The zero-order valence-electron chi connectivity index (χ0n) is 13.5. The number of piperazine rings is 1. The van der Waals surface area contributed by atoms with Gasteiger partial charge in [-0.25, -0.2) is 0 Å². The summed E-state index contributed by atoms with van der Waals surface area (Å²) in [6.45, 7) is 3.64. The molecule has 0 aromatic carbocycles. The molecule has 2 aromatic heterocycles. The van der Waals surface area contributed by atoms with Crippen molar-refractivity contribution in [1.82, 2.24) is 20.5 Å². The fourth-order valence-corrected chi connectivity index (χ4v) is 2.74. The topological polar surface area (TPSA) is 87.5 Å². The molecule has 0 unspecified atom stereocenters. The fraction of sp³-hybridized carbons (Fsp3) is 0.353. The van der Waals surface area contributed by atoms with Gasteiger partial charge >= 0.3 is 0 Å². The van der Waals surface area contributed by atoms with Crippen LogP contribution in [0.25, 0.3) is 0 Å². The van der Waals surface area contributed by atoms with E-state index in [9.17, 15) is 9.59 Å². The zero-order valence-corrected chi connectivity index (χ0v) is 13.5. The number of amides is 2. The monoisotopic (exact) mass is 328 g/mol. The van der Waals surface area contributed by atoms with Crippen LogP contribution in [-0.2, 0) is 11.3 Å². The van der Waals surface area contributed by atoms with Crippen molar-refractivity contribution in [2.24, 2.45) is 0 Å². The van der Waals surface area contributed by atoms with Gasteiger partial charge in [-0.2, -0.15) is 0 Å². The number of carbonyl (C=O) groups is 2. The first-order valence-corrected chi connectivity index (χ1v) is 7.90. The molecule has 0 bridgehead atoms. The van der Waals surface area contributed by atoms with Crippen LogP contribution in [0.5, 0.6) is 0 Å². The van der Waals surface area contributed by atoms with E-state index in [1.807, 2.05) is 18.2 Å². The van der Waals surface area contributed by atoms with Gasteiger partial charge in [-0.3, -0.25) is 14.6 Å². The van der Waals surface area contributed by atoms with Crippen LogP contribution < -0.4 is 10.6 Å². The summed E-state index contributed by atoms with van der Waals surface area (Å²) < 4.78 is 5.21. The first kappa shape index (κ1) is 16.2. The maximum absolute atomic E-state index is 12.7. The summed E-state index contributed by atoms with van der Waals surface area (Å²) in [5.41, 5.74) is 1.28. The van der Waals surface area contributed by atoms with Gasteiger partial charge in [-0.05, 0) is 25.1 Å². The Kier molecular flexibility index (Phi) is 4.90. The summed E-state index contributed by atoms with van der Waals surface area (Å²) in [5.74, 6) is 0.189. The van der Waals surface area contributed by atoms with E-state index in [1.54, 1.807) is 24.1 Å². The van der Waals surface area contributed by atoms with E-state index >= 15 is 0 Å². The van der Waals surface area contributed by atoms with Crippen molar-refractivity contribution in [2.45, 2.75) is 19.5 Å². The van der Waals surface area contributed by atoms with E-state index in [0.29, 0.717) is 37.5 Å². The van der Waals surface area contributed by atoms with Gasteiger partial charge in [0.25, 0.3) is 5.91 Å². The maximum Gasteiger partial charge on any atom is 0.258 e. The molecule has 7 heteroatoms. The van der Waals surface area contributed by atoms with Gasteiger partial charge in [-0.1, -0.05) is 6.07 Å². The number of hydrogen-bond acceptors (Lipinski definition) is 5. The second kappa shape index (κ2) is 7.27. The highest BCUT2D eigenvalue weighted by molar-refractivity contribution is 5.98. The molecule has 1 fully saturated rings. The van der Waals surface area contributed by atoms with E-state index in [2.05, 4.69) is 15.6 Å². The van der Waals surface area contributed by atoms with E-state index < -0.39 is 6.04 Å². The summed E-state index contributed by atoms with van der Waals surface area (Å²) in [7, 11) is 0. The Morgan fingerprint density at radius 3 is 3.00 bits per heavy atom.